The monoisotopic (exact) mass is 757 g/mol. The molecule has 2 unspecified atom stereocenters. The first-order valence-electron chi connectivity index (χ1n) is 19.3. The number of amides is 1. The second kappa shape index (κ2) is 14.9. The lowest BCUT2D eigenvalue weighted by Gasteiger charge is -2.39. The van der Waals surface area contributed by atoms with Gasteiger partial charge in [0.25, 0.3) is 5.91 Å². The first-order chi connectivity index (χ1) is 26.4. The highest BCUT2D eigenvalue weighted by molar-refractivity contribution is 6.32. The third-order valence-corrected chi connectivity index (χ3v) is 12.1. The normalized spacial score (nSPS) is 20.4. The first-order valence-corrected chi connectivity index (χ1v) is 20.0. The molecule has 5 aromatic rings. The van der Waals surface area contributed by atoms with Gasteiger partial charge in [0.05, 0.1) is 17.4 Å². The maximum absolute atomic E-state index is 14.8. The maximum Gasteiger partial charge on any atom is 0.272 e. The number of hydrogen-bond acceptors (Lipinski definition) is 6. The van der Waals surface area contributed by atoms with Gasteiger partial charge in [-0.25, -0.2) is 4.98 Å². The number of piperazine rings is 1. The molecule has 2 fully saturated rings. The second-order valence-electron chi connectivity index (χ2n) is 15.1. The van der Waals surface area contributed by atoms with Crippen LogP contribution in [0.1, 0.15) is 77.8 Å². The van der Waals surface area contributed by atoms with Crippen molar-refractivity contribution in [3.63, 3.8) is 0 Å². The highest BCUT2D eigenvalue weighted by Crippen LogP contribution is 2.53. The van der Waals surface area contributed by atoms with Crippen LogP contribution in [-0.4, -0.2) is 64.6 Å². The van der Waals surface area contributed by atoms with Gasteiger partial charge >= 0.3 is 0 Å². The Bertz CT molecular complexity index is 2230. The van der Waals surface area contributed by atoms with Crippen molar-refractivity contribution in [2.45, 2.75) is 51.1 Å². The fourth-order valence-corrected chi connectivity index (χ4v) is 9.34. The molecule has 3 aliphatic heterocycles. The minimum absolute atomic E-state index is 0.182. The Morgan fingerprint density at radius 1 is 0.926 bits per heavy atom. The lowest BCUT2D eigenvalue weighted by molar-refractivity contribution is 0.102. The molecule has 0 bridgehead atoms. The Balaban J connectivity index is 1.12. The van der Waals surface area contributed by atoms with Crippen molar-refractivity contribution in [2.24, 2.45) is 5.92 Å². The van der Waals surface area contributed by atoms with Gasteiger partial charge in [0.15, 0.2) is 5.82 Å². The van der Waals surface area contributed by atoms with E-state index in [2.05, 4.69) is 85.9 Å². The van der Waals surface area contributed by atoms with Crippen LogP contribution in [0.5, 0.6) is 0 Å². The van der Waals surface area contributed by atoms with Gasteiger partial charge in [0.2, 0.25) is 0 Å². The Morgan fingerprint density at radius 3 is 2.48 bits per heavy atom. The molecule has 9 rings (SSSR count). The summed E-state index contributed by atoms with van der Waals surface area (Å²) >= 11 is 13.3. The van der Waals surface area contributed by atoms with Crippen LogP contribution in [0.25, 0.3) is 22.2 Å². The van der Waals surface area contributed by atoms with E-state index in [1.54, 1.807) is 0 Å². The van der Waals surface area contributed by atoms with Crippen molar-refractivity contribution in [1.29, 1.82) is 0 Å². The molecule has 4 aliphatic rings. The number of nitrogens with zero attached hydrogens (tertiary/aromatic N) is 4. The molecular formula is C44H45Cl2N7O. The van der Waals surface area contributed by atoms with Gasteiger partial charge in [0, 0.05) is 77.8 Å². The number of rotatable bonds is 8. The average molecular weight is 759 g/mol. The summed E-state index contributed by atoms with van der Waals surface area (Å²) in [5.74, 6) is 0.756. The molecule has 54 heavy (non-hydrogen) atoms. The quantitative estimate of drug-likeness (QED) is 0.146. The highest BCUT2D eigenvalue weighted by atomic mass is 35.5. The summed E-state index contributed by atoms with van der Waals surface area (Å²) in [5.41, 5.74) is 8.35. The zero-order chi connectivity index (χ0) is 36.8. The molecule has 0 spiro atoms. The number of aromatic amines is 1. The molecule has 8 nitrogen and oxygen atoms in total. The van der Waals surface area contributed by atoms with E-state index >= 15 is 0 Å². The van der Waals surface area contributed by atoms with Crippen LogP contribution in [0.3, 0.4) is 0 Å². The van der Waals surface area contributed by atoms with Crippen LogP contribution in [0.4, 0.5) is 11.5 Å². The van der Waals surface area contributed by atoms with E-state index in [1.807, 2.05) is 48.7 Å². The first kappa shape index (κ1) is 35.1. The third-order valence-electron chi connectivity index (χ3n) is 11.6. The number of carbonyl (C=O) groups is 1. The average Bonchev–Trinajstić information content (AvgIpc) is 3.82. The minimum Gasteiger partial charge on any atom is -0.352 e. The van der Waals surface area contributed by atoms with Crippen LogP contribution in [0.15, 0.2) is 97.3 Å². The zero-order valence-electron chi connectivity index (χ0n) is 30.5. The fraction of sp³-hybridized carbons (Fsp3) is 0.318. The van der Waals surface area contributed by atoms with E-state index in [0.717, 1.165) is 83.9 Å². The van der Waals surface area contributed by atoms with E-state index in [-0.39, 0.29) is 17.9 Å². The van der Waals surface area contributed by atoms with Gasteiger partial charge < -0.3 is 25.4 Å². The summed E-state index contributed by atoms with van der Waals surface area (Å²) < 4.78 is 0. The van der Waals surface area contributed by atoms with Crippen LogP contribution < -0.4 is 15.5 Å². The number of hydrogen-bond donors (Lipinski definition) is 3. The minimum atomic E-state index is -0.220. The van der Waals surface area contributed by atoms with E-state index in [4.69, 9.17) is 28.2 Å². The van der Waals surface area contributed by atoms with Crippen LogP contribution >= 0.6 is 23.2 Å². The van der Waals surface area contributed by atoms with Gasteiger partial charge in [-0.05, 0) is 83.8 Å². The topological polar surface area (TPSA) is 79.5 Å². The van der Waals surface area contributed by atoms with E-state index in [1.165, 1.54) is 31.3 Å². The zero-order valence-corrected chi connectivity index (χ0v) is 32.0. The second-order valence-corrected chi connectivity index (χ2v) is 16.0. The molecule has 10 heteroatoms. The summed E-state index contributed by atoms with van der Waals surface area (Å²) in [6.45, 7) is 6.74. The number of halogens is 2. The van der Waals surface area contributed by atoms with E-state index in [0.29, 0.717) is 27.5 Å². The SMILES string of the molecule is CC1CC=CN2C(=C1c1ccccc1)c1c(C(=O)Nc3cccnc3N3CCN(CNC4CCCC4)CC3)[nH]c3cc(Cl)cc(c13)C2c1ccc(Cl)cc1. The van der Waals surface area contributed by atoms with Crippen molar-refractivity contribution in [3.05, 3.63) is 135 Å². The predicted octanol–water partition coefficient (Wildman–Crippen LogP) is 9.56. The standard InChI is InChI=1S/C44H45Cl2N7O/c1-28-9-8-20-53-41(30-15-17-31(45)18-16-30)34-25-32(46)26-36-38(34)39(42(53)37(28)29-10-3-2-4-11-29)40(49-36)44(54)50-35-14-7-19-47-43(35)52-23-21-51(22-24-52)27-48-33-12-5-6-13-33/h2-4,7-8,10-11,14-20,25-26,28,33,41,48-49H,5-6,9,12-13,21-24,27H2,1H3,(H,50,54). The highest BCUT2D eigenvalue weighted by Gasteiger charge is 2.40. The Hall–Kier alpha value is -4.60. The smallest absolute Gasteiger partial charge is 0.272 e. The van der Waals surface area contributed by atoms with Crippen molar-refractivity contribution >= 4 is 62.8 Å². The van der Waals surface area contributed by atoms with Gasteiger partial charge in [-0.15, -0.1) is 0 Å². The van der Waals surface area contributed by atoms with E-state index in [9.17, 15) is 4.79 Å². The van der Waals surface area contributed by atoms with Crippen LogP contribution in [-0.2, 0) is 0 Å². The van der Waals surface area contributed by atoms with Crippen molar-refractivity contribution in [1.82, 2.24) is 25.1 Å². The predicted molar refractivity (Wildman–Crippen MR) is 221 cm³/mol. The van der Waals surface area contributed by atoms with Crippen molar-refractivity contribution in [3.8, 4) is 0 Å². The Morgan fingerprint density at radius 2 is 1.70 bits per heavy atom. The molecule has 2 aromatic heterocycles. The largest absolute Gasteiger partial charge is 0.352 e. The Kier molecular flexibility index (Phi) is 9.70. The molecule has 1 saturated carbocycles. The fourth-order valence-electron chi connectivity index (χ4n) is 8.98. The van der Waals surface area contributed by atoms with Gasteiger partial charge in [-0.2, -0.15) is 0 Å². The third kappa shape index (κ3) is 6.59. The summed E-state index contributed by atoms with van der Waals surface area (Å²) in [7, 11) is 0. The van der Waals surface area contributed by atoms with Crippen LogP contribution in [0, 0.1) is 5.92 Å². The number of benzene rings is 3. The van der Waals surface area contributed by atoms with E-state index < -0.39 is 0 Å². The van der Waals surface area contributed by atoms with Gasteiger partial charge in [-0.1, -0.05) is 91.5 Å². The van der Waals surface area contributed by atoms with Gasteiger partial charge in [-0.3, -0.25) is 9.69 Å². The molecular weight excluding hydrogens is 713 g/mol. The summed E-state index contributed by atoms with van der Waals surface area (Å²) in [4.78, 5) is 30.3. The Labute approximate surface area is 326 Å². The number of allylic oxidation sites excluding steroid dienone is 2. The molecule has 1 amide bonds. The molecule has 276 valence electrons. The number of nitrogens with one attached hydrogen (secondary N) is 3. The lowest BCUT2D eigenvalue weighted by Crippen LogP contribution is -2.50. The summed E-state index contributed by atoms with van der Waals surface area (Å²) in [5, 5.41) is 9.35. The molecule has 2 atom stereocenters. The lowest BCUT2D eigenvalue weighted by atomic mass is 9.82. The van der Waals surface area contributed by atoms with Crippen molar-refractivity contribution < 1.29 is 4.79 Å². The molecule has 0 radical (unpaired) electrons. The molecule has 3 aromatic carbocycles. The number of carbonyl (C=O) groups excluding carboxylic acids is 1. The number of fused-ring (bicyclic) bond motifs is 2. The number of pyridine rings is 1. The molecule has 3 N–H and O–H groups in total. The van der Waals surface area contributed by atoms with Crippen LogP contribution in [0.2, 0.25) is 10.0 Å². The number of aromatic nitrogens is 2. The van der Waals surface area contributed by atoms with Crippen molar-refractivity contribution in [2.75, 3.05) is 43.1 Å². The molecule has 1 saturated heterocycles. The number of H-pyrrole nitrogens is 1. The molecule has 5 heterocycles. The maximum atomic E-state index is 14.8. The summed E-state index contributed by atoms with van der Waals surface area (Å²) in [6, 6.07) is 26.9. The molecule has 1 aliphatic carbocycles. The number of anilines is 2. The van der Waals surface area contributed by atoms with Gasteiger partial charge in [0.1, 0.15) is 5.69 Å². The summed E-state index contributed by atoms with van der Waals surface area (Å²) in [6.07, 6.45) is 12.3.